The van der Waals surface area contributed by atoms with Crippen LogP contribution in [0.5, 0.6) is 0 Å². The highest BCUT2D eigenvalue weighted by Gasteiger charge is 2.37. The van der Waals surface area contributed by atoms with Crippen LogP contribution in [0.3, 0.4) is 0 Å². The van der Waals surface area contributed by atoms with E-state index in [1.54, 1.807) is 6.92 Å². The summed E-state index contributed by atoms with van der Waals surface area (Å²) in [5.41, 5.74) is -1.03. The molecular formula is C14H19F2NO. The molecule has 2 atom stereocenters. The van der Waals surface area contributed by atoms with Gasteiger partial charge in [-0.15, -0.1) is 0 Å². The van der Waals surface area contributed by atoms with Crippen LogP contribution < -0.4 is 5.32 Å². The molecule has 2 N–H and O–H groups in total. The Kier molecular flexibility index (Phi) is 3.69. The highest BCUT2D eigenvalue weighted by atomic mass is 19.2. The fraction of sp³-hybridized carbons (Fsp3) is 0.571. The van der Waals surface area contributed by atoms with E-state index in [9.17, 15) is 13.9 Å². The first kappa shape index (κ1) is 13.4. The number of hydrogen-bond acceptors (Lipinski definition) is 2. The van der Waals surface area contributed by atoms with Gasteiger partial charge in [0.1, 0.15) is 0 Å². The third kappa shape index (κ3) is 2.27. The molecule has 2 rings (SSSR count). The average Bonchev–Trinajstić information content (AvgIpc) is 2.37. The van der Waals surface area contributed by atoms with Gasteiger partial charge in [-0.2, -0.15) is 0 Å². The summed E-state index contributed by atoms with van der Waals surface area (Å²) < 4.78 is 27.5. The van der Waals surface area contributed by atoms with E-state index in [0.717, 1.165) is 19.4 Å². The minimum atomic E-state index is -1.34. The lowest BCUT2D eigenvalue weighted by Gasteiger charge is -2.36. The van der Waals surface area contributed by atoms with E-state index in [0.29, 0.717) is 6.54 Å². The van der Waals surface area contributed by atoms with E-state index in [2.05, 4.69) is 5.32 Å². The summed E-state index contributed by atoms with van der Waals surface area (Å²) in [5, 5.41) is 13.7. The fourth-order valence-electron chi connectivity index (χ4n) is 2.59. The molecule has 1 aliphatic heterocycles. The molecule has 0 aromatic heterocycles. The minimum absolute atomic E-state index is 0.0549. The Bertz CT molecular complexity index is 440. The summed E-state index contributed by atoms with van der Waals surface area (Å²) in [7, 11) is 0. The first-order chi connectivity index (χ1) is 8.44. The van der Waals surface area contributed by atoms with Gasteiger partial charge in [0, 0.05) is 18.0 Å². The highest BCUT2D eigenvalue weighted by Crippen LogP contribution is 2.35. The number of halogens is 2. The number of hydrogen-bond donors (Lipinski definition) is 2. The summed E-state index contributed by atoms with van der Waals surface area (Å²) >= 11 is 0. The van der Waals surface area contributed by atoms with E-state index in [-0.39, 0.29) is 17.0 Å². The summed E-state index contributed by atoms with van der Waals surface area (Å²) in [6, 6.07) is 3.00. The van der Waals surface area contributed by atoms with Gasteiger partial charge in [-0.3, -0.25) is 0 Å². The monoisotopic (exact) mass is 255 g/mol. The molecule has 4 heteroatoms. The van der Waals surface area contributed by atoms with Gasteiger partial charge in [0.25, 0.3) is 0 Å². The second-order valence-electron chi connectivity index (χ2n) is 5.25. The molecule has 0 saturated carbocycles. The molecule has 0 amide bonds. The van der Waals surface area contributed by atoms with E-state index in [1.807, 2.05) is 0 Å². The van der Waals surface area contributed by atoms with Crippen LogP contribution in [0.1, 0.15) is 30.9 Å². The maximum Gasteiger partial charge on any atom is 0.165 e. The molecule has 0 radical (unpaired) electrons. The Hall–Kier alpha value is -1.00. The molecule has 0 bridgehead atoms. The van der Waals surface area contributed by atoms with Crippen molar-refractivity contribution in [1.29, 1.82) is 0 Å². The SMILES string of the molecule is Cc1ccc(C(C)(O)C2CCCNC2)c(F)c1F. The number of benzene rings is 1. The number of nitrogens with one attached hydrogen (secondary N) is 1. The molecule has 1 aromatic rings. The van der Waals surface area contributed by atoms with Crippen LogP contribution in [0, 0.1) is 24.5 Å². The molecule has 0 spiro atoms. The van der Waals surface area contributed by atoms with Crippen molar-refractivity contribution in [3.63, 3.8) is 0 Å². The normalized spacial score (nSPS) is 23.7. The van der Waals surface area contributed by atoms with E-state index >= 15 is 0 Å². The Morgan fingerprint density at radius 1 is 1.33 bits per heavy atom. The molecular weight excluding hydrogens is 236 g/mol. The molecule has 2 nitrogen and oxygen atoms in total. The first-order valence-electron chi connectivity index (χ1n) is 6.32. The van der Waals surface area contributed by atoms with Gasteiger partial charge >= 0.3 is 0 Å². The molecule has 1 heterocycles. The smallest absolute Gasteiger partial charge is 0.165 e. The van der Waals surface area contributed by atoms with Crippen LogP contribution in [-0.2, 0) is 5.60 Å². The predicted octanol–water partition coefficient (Wildman–Crippen LogP) is 2.48. The van der Waals surface area contributed by atoms with Crippen molar-refractivity contribution in [2.24, 2.45) is 5.92 Å². The van der Waals surface area contributed by atoms with Gasteiger partial charge in [-0.1, -0.05) is 12.1 Å². The van der Waals surface area contributed by atoms with Gasteiger partial charge in [0.05, 0.1) is 5.60 Å². The quantitative estimate of drug-likeness (QED) is 0.851. The Balaban J connectivity index is 2.37. The zero-order valence-corrected chi connectivity index (χ0v) is 10.8. The largest absolute Gasteiger partial charge is 0.385 e. The van der Waals surface area contributed by atoms with Crippen LogP contribution >= 0.6 is 0 Å². The third-order valence-corrected chi connectivity index (χ3v) is 3.91. The van der Waals surface area contributed by atoms with Crippen molar-refractivity contribution >= 4 is 0 Å². The van der Waals surface area contributed by atoms with E-state index in [4.69, 9.17) is 0 Å². The second-order valence-corrected chi connectivity index (χ2v) is 5.25. The van der Waals surface area contributed by atoms with Crippen molar-refractivity contribution < 1.29 is 13.9 Å². The van der Waals surface area contributed by atoms with Crippen LogP contribution in [0.15, 0.2) is 12.1 Å². The van der Waals surface area contributed by atoms with Crippen molar-refractivity contribution in [1.82, 2.24) is 5.32 Å². The Morgan fingerprint density at radius 3 is 2.67 bits per heavy atom. The third-order valence-electron chi connectivity index (χ3n) is 3.91. The molecule has 1 aliphatic rings. The number of aryl methyl sites for hydroxylation is 1. The van der Waals surface area contributed by atoms with Crippen LogP contribution in [0.4, 0.5) is 8.78 Å². The van der Waals surface area contributed by atoms with Crippen molar-refractivity contribution in [3.05, 3.63) is 34.9 Å². The van der Waals surface area contributed by atoms with Gasteiger partial charge < -0.3 is 10.4 Å². The van der Waals surface area contributed by atoms with Crippen molar-refractivity contribution in [3.8, 4) is 0 Å². The predicted molar refractivity (Wildman–Crippen MR) is 66.3 cm³/mol. The van der Waals surface area contributed by atoms with Crippen LogP contribution in [0.25, 0.3) is 0 Å². The number of rotatable bonds is 2. The second kappa shape index (κ2) is 4.94. The van der Waals surface area contributed by atoms with Gasteiger partial charge in [-0.25, -0.2) is 8.78 Å². The zero-order chi connectivity index (χ0) is 13.3. The molecule has 1 aromatic carbocycles. The zero-order valence-electron chi connectivity index (χ0n) is 10.8. The van der Waals surface area contributed by atoms with Gasteiger partial charge in [0.15, 0.2) is 11.6 Å². The molecule has 18 heavy (non-hydrogen) atoms. The Morgan fingerprint density at radius 2 is 2.06 bits per heavy atom. The lowest BCUT2D eigenvalue weighted by molar-refractivity contribution is -0.0190. The summed E-state index contributed by atoms with van der Waals surface area (Å²) in [4.78, 5) is 0. The summed E-state index contributed by atoms with van der Waals surface area (Å²) in [6.45, 7) is 4.62. The van der Waals surface area contributed by atoms with E-state index in [1.165, 1.54) is 19.1 Å². The maximum absolute atomic E-state index is 14.0. The number of aliphatic hydroxyl groups is 1. The fourth-order valence-corrected chi connectivity index (χ4v) is 2.59. The highest BCUT2D eigenvalue weighted by molar-refractivity contribution is 5.30. The van der Waals surface area contributed by atoms with Gasteiger partial charge in [-0.05, 0) is 38.8 Å². The maximum atomic E-state index is 14.0. The number of piperidine rings is 1. The minimum Gasteiger partial charge on any atom is -0.385 e. The molecule has 1 fully saturated rings. The first-order valence-corrected chi connectivity index (χ1v) is 6.32. The lowest BCUT2D eigenvalue weighted by Crippen LogP contribution is -2.43. The lowest BCUT2D eigenvalue weighted by atomic mass is 9.78. The van der Waals surface area contributed by atoms with Crippen molar-refractivity contribution in [2.75, 3.05) is 13.1 Å². The van der Waals surface area contributed by atoms with Gasteiger partial charge in [0.2, 0.25) is 0 Å². The molecule has 2 unspecified atom stereocenters. The summed E-state index contributed by atoms with van der Waals surface area (Å²) in [6.07, 6.45) is 1.76. The standard InChI is InChI=1S/C14H19F2NO/c1-9-5-6-11(13(16)12(9)15)14(2,18)10-4-3-7-17-8-10/h5-6,10,17-18H,3-4,7-8H2,1-2H3. The molecule has 100 valence electrons. The van der Waals surface area contributed by atoms with Crippen LogP contribution in [0.2, 0.25) is 0 Å². The molecule has 1 saturated heterocycles. The summed E-state index contributed by atoms with van der Waals surface area (Å²) in [5.74, 6) is -1.88. The Labute approximate surface area is 106 Å². The molecule has 0 aliphatic carbocycles. The topological polar surface area (TPSA) is 32.3 Å². The van der Waals surface area contributed by atoms with Crippen LogP contribution in [-0.4, -0.2) is 18.2 Å². The van der Waals surface area contributed by atoms with E-state index < -0.39 is 17.2 Å². The average molecular weight is 255 g/mol. The van der Waals surface area contributed by atoms with Crippen molar-refractivity contribution in [2.45, 2.75) is 32.3 Å².